The number of non-ortho nitro benzene ring substituents is 1. The van der Waals surface area contributed by atoms with Crippen molar-refractivity contribution in [1.29, 1.82) is 0 Å². The number of nitrogens with one attached hydrogen (secondary N) is 2. The fourth-order valence-corrected chi connectivity index (χ4v) is 2.62. The van der Waals surface area contributed by atoms with Crippen LogP contribution < -0.4 is 10.6 Å². The molecule has 1 aliphatic rings. The third kappa shape index (κ3) is 3.08. The van der Waals surface area contributed by atoms with E-state index >= 15 is 0 Å². The van der Waals surface area contributed by atoms with E-state index < -0.39 is 4.92 Å². The summed E-state index contributed by atoms with van der Waals surface area (Å²) in [7, 11) is 0. The fourth-order valence-electron chi connectivity index (χ4n) is 2.62. The molecule has 7 heteroatoms. The van der Waals surface area contributed by atoms with Gasteiger partial charge in [0.15, 0.2) is 0 Å². The van der Waals surface area contributed by atoms with Gasteiger partial charge in [-0.05, 0) is 25.5 Å². The average molecular weight is 287 g/mol. The molecule has 2 heterocycles. The Labute approximate surface area is 121 Å². The second kappa shape index (κ2) is 6.01. The number of piperidine rings is 1. The highest BCUT2D eigenvalue weighted by Gasteiger charge is 2.14. The molecule has 2 aromatic rings. The zero-order chi connectivity index (χ0) is 14.7. The Morgan fingerprint density at radius 3 is 3.05 bits per heavy atom. The molecule has 0 bridgehead atoms. The van der Waals surface area contributed by atoms with Gasteiger partial charge in [0.05, 0.1) is 10.4 Å². The lowest BCUT2D eigenvalue weighted by Gasteiger charge is -2.24. The quantitative estimate of drug-likeness (QED) is 0.660. The van der Waals surface area contributed by atoms with Crippen LogP contribution in [0.15, 0.2) is 24.5 Å². The van der Waals surface area contributed by atoms with Crippen molar-refractivity contribution in [2.24, 2.45) is 0 Å². The molecule has 1 unspecified atom stereocenters. The summed E-state index contributed by atoms with van der Waals surface area (Å²) in [4.78, 5) is 18.9. The SMILES string of the molecule is O=[N+]([O-])c1ccc2ncnc(NCC3CCCCN3)c2c1. The Morgan fingerprint density at radius 1 is 1.38 bits per heavy atom. The summed E-state index contributed by atoms with van der Waals surface area (Å²) in [5.74, 6) is 0.649. The molecule has 2 N–H and O–H groups in total. The molecule has 3 rings (SSSR count). The van der Waals surface area contributed by atoms with Gasteiger partial charge in [-0.2, -0.15) is 0 Å². The molecule has 1 aromatic heterocycles. The van der Waals surface area contributed by atoms with E-state index in [0.717, 1.165) is 19.5 Å². The van der Waals surface area contributed by atoms with E-state index in [1.165, 1.54) is 31.3 Å². The van der Waals surface area contributed by atoms with Crippen molar-refractivity contribution < 1.29 is 4.92 Å². The number of nitro groups is 1. The van der Waals surface area contributed by atoms with Crippen molar-refractivity contribution >= 4 is 22.4 Å². The summed E-state index contributed by atoms with van der Waals surface area (Å²) < 4.78 is 0. The van der Waals surface area contributed by atoms with Crippen LogP contribution >= 0.6 is 0 Å². The molecular weight excluding hydrogens is 270 g/mol. The number of fused-ring (bicyclic) bond motifs is 1. The highest BCUT2D eigenvalue weighted by Crippen LogP contribution is 2.24. The number of rotatable bonds is 4. The highest BCUT2D eigenvalue weighted by molar-refractivity contribution is 5.90. The van der Waals surface area contributed by atoms with E-state index in [0.29, 0.717) is 22.8 Å². The molecule has 1 fully saturated rings. The van der Waals surface area contributed by atoms with Crippen LogP contribution in [0.2, 0.25) is 0 Å². The van der Waals surface area contributed by atoms with Crippen LogP contribution in [-0.4, -0.2) is 34.0 Å². The summed E-state index contributed by atoms with van der Waals surface area (Å²) in [6, 6.07) is 5.05. The number of nitrogens with zero attached hydrogens (tertiary/aromatic N) is 3. The molecular formula is C14H17N5O2. The lowest BCUT2D eigenvalue weighted by molar-refractivity contribution is -0.384. The van der Waals surface area contributed by atoms with Crippen molar-refractivity contribution in [2.45, 2.75) is 25.3 Å². The van der Waals surface area contributed by atoms with Crippen LogP contribution in [0.3, 0.4) is 0 Å². The Kier molecular flexibility index (Phi) is 3.92. The summed E-state index contributed by atoms with van der Waals surface area (Å²) >= 11 is 0. The van der Waals surface area contributed by atoms with Gasteiger partial charge >= 0.3 is 0 Å². The van der Waals surface area contributed by atoms with Crippen LogP contribution in [-0.2, 0) is 0 Å². The summed E-state index contributed by atoms with van der Waals surface area (Å²) in [5, 5.41) is 18.3. The number of anilines is 1. The third-order valence-electron chi connectivity index (χ3n) is 3.76. The maximum absolute atomic E-state index is 10.9. The first-order valence-electron chi connectivity index (χ1n) is 7.10. The van der Waals surface area contributed by atoms with Gasteiger partial charge in [0.25, 0.3) is 5.69 Å². The summed E-state index contributed by atoms with van der Waals surface area (Å²) in [5.41, 5.74) is 0.755. The summed E-state index contributed by atoms with van der Waals surface area (Å²) in [6.07, 6.45) is 5.06. The first-order chi connectivity index (χ1) is 10.2. The molecule has 1 saturated heterocycles. The minimum Gasteiger partial charge on any atom is -0.368 e. The van der Waals surface area contributed by atoms with Gasteiger partial charge in [0.1, 0.15) is 12.1 Å². The number of hydrogen-bond acceptors (Lipinski definition) is 6. The molecule has 21 heavy (non-hydrogen) atoms. The first-order valence-corrected chi connectivity index (χ1v) is 7.10. The van der Waals surface area contributed by atoms with Crippen molar-refractivity contribution in [3.05, 3.63) is 34.6 Å². The minimum atomic E-state index is -0.404. The van der Waals surface area contributed by atoms with Crippen LogP contribution in [0.1, 0.15) is 19.3 Å². The van der Waals surface area contributed by atoms with Crippen LogP contribution in [0.5, 0.6) is 0 Å². The van der Waals surface area contributed by atoms with E-state index in [4.69, 9.17) is 0 Å². The van der Waals surface area contributed by atoms with Crippen LogP contribution in [0.4, 0.5) is 11.5 Å². The topological polar surface area (TPSA) is 93.0 Å². The Hall–Kier alpha value is -2.28. The monoisotopic (exact) mass is 287 g/mol. The molecule has 0 saturated carbocycles. The molecule has 110 valence electrons. The molecule has 1 aromatic carbocycles. The predicted molar refractivity (Wildman–Crippen MR) is 80.3 cm³/mol. The van der Waals surface area contributed by atoms with E-state index in [1.807, 2.05) is 0 Å². The molecule has 1 aliphatic heterocycles. The van der Waals surface area contributed by atoms with E-state index in [1.54, 1.807) is 6.07 Å². The Morgan fingerprint density at radius 2 is 2.29 bits per heavy atom. The predicted octanol–water partition coefficient (Wildman–Crippen LogP) is 2.09. The molecule has 0 radical (unpaired) electrons. The number of nitro benzene ring substituents is 1. The zero-order valence-electron chi connectivity index (χ0n) is 11.6. The zero-order valence-corrected chi connectivity index (χ0v) is 11.6. The maximum atomic E-state index is 10.9. The van der Waals surface area contributed by atoms with Crippen molar-refractivity contribution in [1.82, 2.24) is 15.3 Å². The smallest absolute Gasteiger partial charge is 0.270 e. The lowest BCUT2D eigenvalue weighted by Crippen LogP contribution is -2.39. The number of benzene rings is 1. The summed E-state index contributed by atoms with van der Waals surface area (Å²) in [6.45, 7) is 1.80. The van der Waals surface area contributed by atoms with Gasteiger partial charge < -0.3 is 10.6 Å². The van der Waals surface area contributed by atoms with E-state index in [-0.39, 0.29) is 5.69 Å². The fraction of sp³-hybridized carbons (Fsp3) is 0.429. The van der Waals surface area contributed by atoms with Gasteiger partial charge in [-0.25, -0.2) is 9.97 Å². The van der Waals surface area contributed by atoms with E-state index in [9.17, 15) is 10.1 Å². The second-order valence-corrected chi connectivity index (χ2v) is 5.21. The number of aromatic nitrogens is 2. The standard InChI is InChI=1S/C14H17N5O2/c20-19(21)11-4-5-13-12(7-11)14(18-9-17-13)16-8-10-3-1-2-6-15-10/h4-5,7,9-10,15H,1-3,6,8H2,(H,16,17,18). The van der Waals surface area contributed by atoms with Gasteiger partial charge in [-0.1, -0.05) is 6.42 Å². The van der Waals surface area contributed by atoms with Gasteiger partial charge in [-0.3, -0.25) is 10.1 Å². The van der Waals surface area contributed by atoms with Gasteiger partial charge in [-0.15, -0.1) is 0 Å². The van der Waals surface area contributed by atoms with Crippen LogP contribution in [0, 0.1) is 10.1 Å². The Bertz CT molecular complexity index is 655. The van der Waals surface area contributed by atoms with Crippen molar-refractivity contribution in [3.63, 3.8) is 0 Å². The third-order valence-corrected chi connectivity index (χ3v) is 3.76. The normalized spacial score (nSPS) is 18.6. The lowest BCUT2D eigenvalue weighted by atomic mass is 10.1. The van der Waals surface area contributed by atoms with Crippen molar-refractivity contribution in [2.75, 3.05) is 18.4 Å². The molecule has 0 amide bonds. The average Bonchev–Trinajstić information content (AvgIpc) is 2.53. The second-order valence-electron chi connectivity index (χ2n) is 5.21. The van der Waals surface area contributed by atoms with E-state index in [2.05, 4.69) is 20.6 Å². The maximum Gasteiger partial charge on any atom is 0.270 e. The van der Waals surface area contributed by atoms with Gasteiger partial charge in [0.2, 0.25) is 0 Å². The first kappa shape index (κ1) is 13.7. The minimum absolute atomic E-state index is 0.0520. The van der Waals surface area contributed by atoms with Crippen molar-refractivity contribution in [3.8, 4) is 0 Å². The molecule has 0 spiro atoms. The molecule has 1 atom stereocenters. The van der Waals surface area contributed by atoms with Gasteiger partial charge in [0, 0.05) is 30.1 Å². The Balaban J connectivity index is 1.83. The van der Waals surface area contributed by atoms with Crippen LogP contribution in [0.25, 0.3) is 10.9 Å². The molecule has 0 aliphatic carbocycles. The number of hydrogen-bond donors (Lipinski definition) is 2. The highest BCUT2D eigenvalue weighted by atomic mass is 16.6. The molecule has 7 nitrogen and oxygen atoms in total. The largest absolute Gasteiger partial charge is 0.368 e.